The van der Waals surface area contributed by atoms with Crippen molar-refractivity contribution in [2.75, 3.05) is 4.90 Å². The van der Waals surface area contributed by atoms with Crippen LogP contribution in [0.15, 0.2) is 224 Å². The molecule has 304 valence electrons. The van der Waals surface area contributed by atoms with Crippen molar-refractivity contribution >= 4 is 17.1 Å². The van der Waals surface area contributed by atoms with Crippen molar-refractivity contribution in [3.8, 4) is 55.6 Å². The van der Waals surface area contributed by atoms with Crippen molar-refractivity contribution in [3.63, 3.8) is 0 Å². The van der Waals surface area contributed by atoms with E-state index in [1.807, 2.05) is 0 Å². The van der Waals surface area contributed by atoms with Gasteiger partial charge in [-0.25, -0.2) is 0 Å². The van der Waals surface area contributed by atoms with Crippen molar-refractivity contribution in [1.29, 1.82) is 0 Å². The fourth-order valence-corrected chi connectivity index (χ4v) is 12.9. The van der Waals surface area contributed by atoms with Gasteiger partial charge in [-0.3, -0.25) is 0 Å². The molecule has 0 radical (unpaired) electrons. The van der Waals surface area contributed by atoms with Gasteiger partial charge >= 0.3 is 0 Å². The van der Waals surface area contributed by atoms with E-state index in [2.05, 4.69) is 243 Å². The van der Waals surface area contributed by atoms with Gasteiger partial charge in [0.2, 0.25) is 0 Å². The van der Waals surface area contributed by atoms with Crippen LogP contribution in [0.3, 0.4) is 0 Å². The van der Waals surface area contributed by atoms with Crippen LogP contribution in [-0.2, 0) is 10.8 Å². The minimum atomic E-state index is -0.447. The standard InChI is InChI=1S/C64H43N/c1-40-17-3-4-18-45(40)46-34-31-42(37-41(46)2)65(43-33-36-61-54(38-43)52-24-10-16-30-60(52)63(61)55-25-11-5-19-47(55)48-20-6-12-26-56(48)63)44-32-35-53-51-23-9-15-29-59(51)64(62(53)39-44)57-27-13-7-21-49(57)50-22-8-14-28-58(50)64/h3-39H,1-2H3. The molecule has 65 heavy (non-hydrogen) atoms. The minimum absolute atomic E-state index is 0.400. The molecule has 0 N–H and O–H groups in total. The van der Waals surface area contributed by atoms with Gasteiger partial charge < -0.3 is 4.90 Å². The summed E-state index contributed by atoms with van der Waals surface area (Å²) in [7, 11) is 0. The van der Waals surface area contributed by atoms with Crippen LogP contribution in [-0.4, -0.2) is 0 Å². The Bertz CT molecular complexity index is 3550. The normalized spacial score (nSPS) is 14.2. The second kappa shape index (κ2) is 13.3. The molecule has 10 aromatic rings. The number of anilines is 3. The van der Waals surface area contributed by atoms with Gasteiger partial charge in [-0.15, -0.1) is 0 Å². The van der Waals surface area contributed by atoms with Crippen molar-refractivity contribution < 1.29 is 0 Å². The van der Waals surface area contributed by atoms with E-state index in [0.717, 1.165) is 17.1 Å². The largest absolute Gasteiger partial charge is 0.310 e. The highest BCUT2D eigenvalue weighted by molar-refractivity contribution is 5.99. The number of rotatable bonds is 4. The quantitative estimate of drug-likeness (QED) is 0.171. The van der Waals surface area contributed by atoms with E-state index in [1.54, 1.807) is 0 Å². The van der Waals surface area contributed by atoms with Gasteiger partial charge in [0.15, 0.2) is 0 Å². The summed E-state index contributed by atoms with van der Waals surface area (Å²) in [6.45, 7) is 4.48. The Kier molecular flexibility index (Phi) is 7.45. The lowest BCUT2D eigenvalue weighted by atomic mass is 9.70. The molecule has 4 aliphatic rings. The summed E-state index contributed by atoms with van der Waals surface area (Å²) >= 11 is 0. The number of aryl methyl sites for hydroxylation is 2. The molecule has 0 saturated carbocycles. The van der Waals surface area contributed by atoms with Crippen LogP contribution >= 0.6 is 0 Å². The maximum absolute atomic E-state index is 2.52. The average molecular weight is 826 g/mol. The Balaban J connectivity index is 1.03. The third-order valence-electron chi connectivity index (χ3n) is 15.4. The van der Waals surface area contributed by atoms with Gasteiger partial charge in [-0.1, -0.05) is 188 Å². The highest BCUT2D eigenvalue weighted by Gasteiger charge is 2.53. The zero-order chi connectivity index (χ0) is 43.0. The van der Waals surface area contributed by atoms with E-state index in [1.165, 1.54) is 111 Å². The zero-order valence-corrected chi connectivity index (χ0v) is 36.3. The summed E-state index contributed by atoms with van der Waals surface area (Å²) in [4.78, 5) is 2.52. The van der Waals surface area contributed by atoms with Gasteiger partial charge in [0, 0.05) is 17.1 Å². The molecule has 14 rings (SSSR count). The first-order valence-corrected chi connectivity index (χ1v) is 22.9. The summed E-state index contributed by atoms with van der Waals surface area (Å²) < 4.78 is 0. The van der Waals surface area contributed by atoms with Crippen LogP contribution in [0.1, 0.15) is 55.6 Å². The minimum Gasteiger partial charge on any atom is -0.310 e. The zero-order valence-electron chi connectivity index (χ0n) is 36.3. The molecule has 0 heterocycles. The van der Waals surface area contributed by atoms with E-state index in [4.69, 9.17) is 0 Å². The first-order valence-electron chi connectivity index (χ1n) is 22.9. The number of benzene rings is 10. The molecule has 0 aromatic heterocycles. The molecule has 1 heteroatoms. The lowest BCUT2D eigenvalue weighted by Crippen LogP contribution is -2.26. The molecule has 0 unspecified atom stereocenters. The van der Waals surface area contributed by atoms with Crippen LogP contribution in [0.5, 0.6) is 0 Å². The topological polar surface area (TPSA) is 3.24 Å². The molecular formula is C64H43N. The maximum Gasteiger partial charge on any atom is 0.0726 e. The molecular weight excluding hydrogens is 783 g/mol. The number of hydrogen-bond acceptors (Lipinski definition) is 1. The van der Waals surface area contributed by atoms with Gasteiger partial charge in [-0.05, 0) is 162 Å². The van der Waals surface area contributed by atoms with Crippen LogP contribution in [0.4, 0.5) is 17.1 Å². The summed E-state index contributed by atoms with van der Waals surface area (Å²) in [5, 5.41) is 0. The average Bonchev–Trinajstić information content (AvgIpc) is 4.03. The van der Waals surface area contributed by atoms with Crippen molar-refractivity contribution in [1.82, 2.24) is 0 Å². The summed E-state index contributed by atoms with van der Waals surface area (Å²) in [5.41, 5.74) is 28.9. The second-order valence-corrected chi connectivity index (χ2v) is 18.4. The molecule has 0 amide bonds. The monoisotopic (exact) mass is 825 g/mol. The molecule has 0 saturated heterocycles. The Labute approximate surface area is 380 Å². The molecule has 0 fully saturated rings. The summed E-state index contributed by atoms with van der Waals surface area (Å²) in [5.74, 6) is 0. The molecule has 2 spiro atoms. The first kappa shape index (κ1) is 36.5. The predicted octanol–water partition coefficient (Wildman–Crippen LogP) is 16.1. The van der Waals surface area contributed by atoms with Gasteiger partial charge in [0.1, 0.15) is 0 Å². The molecule has 4 aliphatic carbocycles. The molecule has 0 aliphatic heterocycles. The first-order chi connectivity index (χ1) is 32.1. The van der Waals surface area contributed by atoms with Crippen molar-refractivity contribution in [2.45, 2.75) is 24.7 Å². The molecule has 10 aromatic carbocycles. The van der Waals surface area contributed by atoms with E-state index in [-0.39, 0.29) is 0 Å². The molecule has 0 atom stereocenters. The fraction of sp³-hybridized carbons (Fsp3) is 0.0625. The Hall–Kier alpha value is -8.00. The van der Waals surface area contributed by atoms with Crippen LogP contribution < -0.4 is 4.90 Å². The van der Waals surface area contributed by atoms with Crippen molar-refractivity contribution in [3.05, 3.63) is 280 Å². The highest BCUT2D eigenvalue weighted by atomic mass is 15.1. The van der Waals surface area contributed by atoms with Crippen LogP contribution in [0.25, 0.3) is 55.6 Å². The van der Waals surface area contributed by atoms with E-state index >= 15 is 0 Å². The number of fused-ring (bicyclic) bond motifs is 20. The number of nitrogens with zero attached hydrogens (tertiary/aromatic N) is 1. The third-order valence-corrected chi connectivity index (χ3v) is 15.4. The molecule has 0 bridgehead atoms. The van der Waals surface area contributed by atoms with E-state index in [9.17, 15) is 0 Å². The Morgan fingerprint density at radius 1 is 0.231 bits per heavy atom. The van der Waals surface area contributed by atoms with E-state index in [0.29, 0.717) is 0 Å². The predicted molar refractivity (Wildman–Crippen MR) is 269 cm³/mol. The number of hydrogen-bond donors (Lipinski definition) is 0. The van der Waals surface area contributed by atoms with Gasteiger partial charge in [0.25, 0.3) is 0 Å². The Morgan fingerprint density at radius 2 is 0.538 bits per heavy atom. The maximum atomic E-state index is 2.52. The summed E-state index contributed by atoms with van der Waals surface area (Å²) in [6, 6.07) is 85.0. The Morgan fingerprint density at radius 3 is 1.00 bits per heavy atom. The lowest BCUT2D eigenvalue weighted by Gasteiger charge is -2.33. The van der Waals surface area contributed by atoms with E-state index < -0.39 is 10.8 Å². The highest BCUT2D eigenvalue weighted by Crippen LogP contribution is 2.65. The summed E-state index contributed by atoms with van der Waals surface area (Å²) in [6.07, 6.45) is 0. The van der Waals surface area contributed by atoms with Gasteiger partial charge in [0.05, 0.1) is 10.8 Å². The smallest absolute Gasteiger partial charge is 0.0726 e. The third kappa shape index (κ3) is 4.62. The van der Waals surface area contributed by atoms with Gasteiger partial charge in [-0.2, -0.15) is 0 Å². The van der Waals surface area contributed by atoms with Crippen LogP contribution in [0.2, 0.25) is 0 Å². The lowest BCUT2D eigenvalue weighted by molar-refractivity contribution is 0.793. The SMILES string of the molecule is Cc1ccccc1-c1ccc(N(c2ccc3c(c2)-c2ccccc2C32c3ccccc3-c3ccccc32)c2ccc3c(c2)C2(c4ccccc4-c4ccccc42)c2ccccc2-3)cc1C. The molecule has 1 nitrogen and oxygen atoms in total. The van der Waals surface area contributed by atoms with Crippen LogP contribution in [0, 0.1) is 13.8 Å². The van der Waals surface area contributed by atoms with Crippen molar-refractivity contribution in [2.24, 2.45) is 0 Å². The second-order valence-electron chi connectivity index (χ2n) is 18.4. The fourth-order valence-electron chi connectivity index (χ4n) is 12.9.